The molecule has 0 spiro atoms. The van der Waals surface area contributed by atoms with Gasteiger partial charge in [0.15, 0.2) is 5.69 Å². The Labute approximate surface area is 132 Å². The maximum Gasteiger partial charge on any atom is 0.356 e. The summed E-state index contributed by atoms with van der Waals surface area (Å²) in [6.45, 7) is 1.87. The summed E-state index contributed by atoms with van der Waals surface area (Å²) in [7, 11) is 0. The largest absolute Gasteiger partial charge is 0.476 e. The van der Waals surface area contributed by atoms with Crippen molar-refractivity contribution in [2.24, 2.45) is 0 Å². The zero-order chi connectivity index (χ0) is 15.1. The first-order valence-corrected chi connectivity index (χ1v) is 7.54. The molecule has 1 aromatic carbocycles. The van der Waals surface area contributed by atoms with Gasteiger partial charge in [-0.25, -0.2) is 9.48 Å². The number of hydrogen-bond donors (Lipinski definition) is 1. The average Bonchev–Trinajstić information content (AvgIpc) is 2.82. The molecule has 0 amide bonds. The van der Waals surface area contributed by atoms with Crippen molar-refractivity contribution >= 4 is 29.2 Å². The third-order valence-electron chi connectivity index (χ3n) is 3.84. The first-order valence-electron chi connectivity index (χ1n) is 6.79. The molecular weight excluding hydrogens is 311 g/mol. The first kappa shape index (κ1) is 14.4. The topological polar surface area (TPSA) is 55.1 Å². The van der Waals surface area contributed by atoms with E-state index in [1.807, 2.05) is 6.92 Å². The van der Waals surface area contributed by atoms with Crippen LogP contribution in [0.15, 0.2) is 12.1 Å². The lowest BCUT2D eigenvalue weighted by Gasteiger charge is -2.15. The predicted octanol–water partition coefficient (Wildman–Crippen LogP) is 4.06. The molecule has 1 N–H and O–H groups in total. The lowest BCUT2D eigenvalue weighted by Crippen LogP contribution is -2.08. The Morgan fingerprint density at radius 2 is 1.95 bits per heavy atom. The second kappa shape index (κ2) is 5.35. The lowest BCUT2D eigenvalue weighted by atomic mass is 9.95. The van der Waals surface area contributed by atoms with Crippen LogP contribution in [0.1, 0.15) is 40.2 Å². The molecule has 0 unspecified atom stereocenters. The molecule has 0 radical (unpaired) electrons. The van der Waals surface area contributed by atoms with Gasteiger partial charge in [0.05, 0.1) is 10.7 Å². The molecule has 0 aliphatic heterocycles. The summed E-state index contributed by atoms with van der Waals surface area (Å²) >= 11 is 12.5. The van der Waals surface area contributed by atoms with Crippen LogP contribution in [0.25, 0.3) is 5.69 Å². The van der Waals surface area contributed by atoms with E-state index in [0.717, 1.165) is 42.5 Å². The van der Waals surface area contributed by atoms with Gasteiger partial charge in [-0.2, -0.15) is 5.10 Å². The third kappa shape index (κ3) is 2.43. The first-order chi connectivity index (χ1) is 9.99. The van der Waals surface area contributed by atoms with Gasteiger partial charge in [0, 0.05) is 16.3 Å². The van der Waals surface area contributed by atoms with E-state index in [0.29, 0.717) is 15.7 Å². The summed E-state index contributed by atoms with van der Waals surface area (Å²) in [4.78, 5) is 11.4. The maximum atomic E-state index is 11.4. The second-order valence-electron chi connectivity index (χ2n) is 5.25. The molecule has 0 atom stereocenters. The SMILES string of the molecule is Cc1cc(Cl)c(-n2nc(C(=O)O)c3c2CCCC3)cc1Cl. The van der Waals surface area contributed by atoms with E-state index in [1.165, 1.54) is 0 Å². The number of hydrogen-bond acceptors (Lipinski definition) is 2. The van der Waals surface area contributed by atoms with Crippen LogP contribution in [0, 0.1) is 6.92 Å². The number of carboxylic acids is 1. The second-order valence-corrected chi connectivity index (χ2v) is 6.07. The van der Waals surface area contributed by atoms with Crippen LogP contribution in [0.2, 0.25) is 10.0 Å². The predicted molar refractivity (Wildman–Crippen MR) is 81.9 cm³/mol. The van der Waals surface area contributed by atoms with Crippen molar-refractivity contribution in [3.63, 3.8) is 0 Å². The zero-order valence-electron chi connectivity index (χ0n) is 11.5. The van der Waals surface area contributed by atoms with Gasteiger partial charge in [0.1, 0.15) is 0 Å². The van der Waals surface area contributed by atoms with Crippen molar-refractivity contribution in [2.45, 2.75) is 32.6 Å². The highest BCUT2D eigenvalue weighted by molar-refractivity contribution is 6.35. The van der Waals surface area contributed by atoms with E-state index in [1.54, 1.807) is 16.8 Å². The summed E-state index contributed by atoms with van der Waals surface area (Å²) in [5, 5.41) is 14.7. The highest BCUT2D eigenvalue weighted by Gasteiger charge is 2.26. The minimum absolute atomic E-state index is 0.123. The van der Waals surface area contributed by atoms with Gasteiger partial charge in [0.25, 0.3) is 0 Å². The Bertz CT molecular complexity index is 738. The molecule has 1 heterocycles. The number of rotatable bonds is 2. The highest BCUT2D eigenvalue weighted by atomic mass is 35.5. The van der Waals surface area contributed by atoms with Crippen LogP contribution in [0.5, 0.6) is 0 Å². The number of benzene rings is 1. The van der Waals surface area contributed by atoms with Crippen LogP contribution >= 0.6 is 23.2 Å². The number of aryl methyl sites for hydroxylation is 1. The van der Waals surface area contributed by atoms with Gasteiger partial charge in [-0.05, 0) is 50.3 Å². The van der Waals surface area contributed by atoms with Gasteiger partial charge in [-0.15, -0.1) is 0 Å². The standard InChI is InChI=1S/C15H14Cl2N2O2/c1-8-6-11(17)13(7-10(8)16)19-12-5-3-2-4-9(12)14(18-19)15(20)21/h6-7H,2-5H2,1H3,(H,20,21). The van der Waals surface area contributed by atoms with Crippen molar-refractivity contribution in [1.82, 2.24) is 9.78 Å². The number of carboxylic acid groups (broad SMARTS) is 1. The van der Waals surface area contributed by atoms with Crippen molar-refractivity contribution in [3.05, 3.63) is 44.7 Å². The molecule has 6 heteroatoms. The fourth-order valence-corrected chi connectivity index (χ4v) is 3.22. The lowest BCUT2D eigenvalue weighted by molar-refractivity contribution is 0.0688. The van der Waals surface area contributed by atoms with Crippen molar-refractivity contribution < 1.29 is 9.90 Å². The van der Waals surface area contributed by atoms with Crippen molar-refractivity contribution in [3.8, 4) is 5.69 Å². The molecule has 0 saturated heterocycles. The molecule has 2 aromatic rings. The smallest absolute Gasteiger partial charge is 0.356 e. The zero-order valence-corrected chi connectivity index (χ0v) is 13.0. The summed E-state index contributed by atoms with van der Waals surface area (Å²) in [5.41, 5.74) is 3.39. The molecule has 110 valence electrons. The van der Waals surface area contributed by atoms with Gasteiger partial charge in [0.2, 0.25) is 0 Å². The van der Waals surface area contributed by atoms with E-state index < -0.39 is 5.97 Å². The Hall–Kier alpha value is -1.52. The number of fused-ring (bicyclic) bond motifs is 1. The summed E-state index contributed by atoms with van der Waals surface area (Å²) in [5.74, 6) is -0.999. The fraction of sp³-hybridized carbons (Fsp3) is 0.333. The summed E-state index contributed by atoms with van der Waals surface area (Å²) < 4.78 is 1.64. The summed E-state index contributed by atoms with van der Waals surface area (Å²) in [6.07, 6.45) is 3.56. The van der Waals surface area contributed by atoms with Gasteiger partial charge in [-0.3, -0.25) is 0 Å². The molecule has 4 nitrogen and oxygen atoms in total. The molecule has 21 heavy (non-hydrogen) atoms. The average molecular weight is 325 g/mol. The Balaban J connectivity index is 2.24. The van der Waals surface area contributed by atoms with E-state index in [-0.39, 0.29) is 5.69 Å². The minimum atomic E-state index is -0.999. The Kier molecular flexibility index (Phi) is 3.68. The monoisotopic (exact) mass is 324 g/mol. The number of aromatic carboxylic acids is 1. The van der Waals surface area contributed by atoms with E-state index in [4.69, 9.17) is 23.2 Å². The fourth-order valence-electron chi connectivity index (χ4n) is 2.77. The molecule has 0 fully saturated rings. The van der Waals surface area contributed by atoms with Crippen LogP contribution in [-0.2, 0) is 12.8 Å². The maximum absolute atomic E-state index is 11.4. The number of carbonyl (C=O) groups is 1. The molecule has 1 aliphatic carbocycles. The van der Waals surface area contributed by atoms with E-state index >= 15 is 0 Å². The van der Waals surface area contributed by atoms with Crippen LogP contribution < -0.4 is 0 Å². The molecule has 1 aromatic heterocycles. The van der Waals surface area contributed by atoms with Crippen LogP contribution in [0.4, 0.5) is 0 Å². The molecule has 3 rings (SSSR count). The summed E-state index contributed by atoms with van der Waals surface area (Å²) in [6, 6.07) is 3.52. The normalized spacial score (nSPS) is 14.0. The molecule has 1 aliphatic rings. The molecule has 0 bridgehead atoms. The van der Waals surface area contributed by atoms with Gasteiger partial charge < -0.3 is 5.11 Å². The number of nitrogens with zero attached hydrogens (tertiary/aromatic N) is 2. The number of halogens is 2. The van der Waals surface area contributed by atoms with Crippen molar-refractivity contribution in [2.75, 3.05) is 0 Å². The third-order valence-corrected chi connectivity index (χ3v) is 4.55. The van der Waals surface area contributed by atoms with E-state index in [2.05, 4.69) is 5.10 Å². The number of aromatic nitrogens is 2. The van der Waals surface area contributed by atoms with E-state index in [9.17, 15) is 9.90 Å². The molecule has 0 saturated carbocycles. The quantitative estimate of drug-likeness (QED) is 0.906. The van der Waals surface area contributed by atoms with Crippen LogP contribution in [0.3, 0.4) is 0 Å². The van der Waals surface area contributed by atoms with Gasteiger partial charge in [-0.1, -0.05) is 23.2 Å². The highest BCUT2D eigenvalue weighted by Crippen LogP contribution is 2.32. The van der Waals surface area contributed by atoms with Crippen LogP contribution in [-0.4, -0.2) is 20.9 Å². The van der Waals surface area contributed by atoms with Crippen molar-refractivity contribution in [1.29, 1.82) is 0 Å². The Morgan fingerprint density at radius 3 is 2.67 bits per heavy atom. The van der Waals surface area contributed by atoms with Gasteiger partial charge >= 0.3 is 5.97 Å². The Morgan fingerprint density at radius 1 is 1.24 bits per heavy atom. The molecular formula is C15H14Cl2N2O2. The minimum Gasteiger partial charge on any atom is -0.476 e.